The fraction of sp³-hybridized carbons (Fsp3) is 0.429. The SMILES string of the molecule is CCc1cccc(NC(=O)NC(CCOC)C(=O)O)c1. The van der Waals surface area contributed by atoms with Crippen LogP contribution < -0.4 is 10.6 Å². The predicted octanol–water partition coefficient (Wildman–Crippen LogP) is 1.86. The van der Waals surface area contributed by atoms with Crippen molar-refractivity contribution in [3.8, 4) is 0 Å². The minimum absolute atomic E-state index is 0.217. The second kappa shape index (κ2) is 8.16. The topological polar surface area (TPSA) is 87.7 Å². The number of carboxylic acids is 1. The number of carbonyl (C=O) groups excluding carboxylic acids is 1. The van der Waals surface area contributed by atoms with Crippen LogP contribution in [0.4, 0.5) is 10.5 Å². The first-order chi connectivity index (χ1) is 9.56. The van der Waals surface area contributed by atoms with E-state index in [2.05, 4.69) is 10.6 Å². The third-order valence-corrected chi connectivity index (χ3v) is 2.81. The molecule has 3 N–H and O–H groups in total. The number of hydrogen-bond donors (Lipinski definition) is 3. The molecule has 2 amide bonds. The number of anilines is 1. The van der Waals surface area contributed by atoms with Gasteiger partial charge in [0.15, 0.2) is 0 Å². The lowest BCUT2D eigenvalue weighted by Crippen LogP contribution is -2.43. The number of urea groups is 1. The second-order valence-electron chi connectivity index (χ2n) is 4.32. The van der Waals surface area contributed by atoms with E-state index in [-0.39, 0.29) is 13.0 Å². The third kappa shape index (κ3) is 5.27. The molecule has 0 aliphatic heterocycles. The standard InChI is InChI=1S/C14H20N2O4/c1-3-10-5-4-6-11(9-10)15-14(19)16-12(13(17)18)7-8-20-2/h4-6,9,12H,3,7-8H2,1-2H3,(H,17,18)(H2,15,16,19). The highest BCUT2D eigenvalue weighted by molar-refractivity contribution is 5.92. The molecule has 6 nitrogen and oxygen atoms in total. The fourth-order valence-electron chi connectivity index (χ4n) is 1.69. The van der Waals surface area contributed by atoms with Gasteiger partial charge >= 0.3 is 12.0 Å². The Morgan fingerprint density at radius 3 is 2.75 bits per heavy atom. The van der Waals surface area contributed by atoms with E-state index in [1.807, 2.05) is 25.1 Å². The molecular formula is C14H20N2O4. The molecule has 1 rings (SSSR count). The summed E-state index contributed by atoms with van der Waals surface area (Å²) in [5.41, 5.74) is 1.73. The van der Waals surface area contributed by atoms with E-state index < -0.39 is 18.0 Å². The molecule has 110 valence electrons. The van der Waals surface area contributed by atoms with Gasteiger partial charge in [-0.25, -0.2) is 9.59 Å². The number of aliphatic carboxylic acids is 1. The number of carboxylic acid groups (broad SMARTS) is 1. The fourth-order valence-corrected chi connectivity index (χ4v) is 1.69. The van der Waals surface area contributed by atoms with Gasteiger partial charge in [0.25, 0.3) is 0 Å². The molecular weight excluding hydrogens is 260 g/mol. The predicted molar refractivity (Wildman–Crippen MR) is 75.9 cm³/mol. The highest BCUT2D eigenvalue weighted by Gasteiger charge is 2.19. The van der Waals surface area contributed by atoms with Gasteiger partial charge in [-0.3, -0.25) is 0 Å². The van der Waals surface area contributed by atoms with Crippen LogP contribution in [-0.4, -0.2) is 36.9 Å². The maximum Gasteiger partial charge on any atom is 0.326 e. The number of rotatable bonds is 7. The van der Waals surface area contributed by atoms with Crippen molar-refractivity contribution in [3.05, 3.63) is 29.8 Å². The van der Waals surface area contributed by atoms with E-state index in [9.17, 15) is 9.59 Å². The van der Waals surface area contributed by atoms with Crippen LogP contribution >= 0.6 is 0 Å². The largest absolute Gasteiger partial charge is 0.480 e. The van der Waals surface area contributed by atoms with Crippen molar-refractivity contribution in [2.75, 3.05) is 19.0 Å². The van der Waals surface area contributed by atoms with Gasteiger partial charge in [0.1, 0.15) is 6.04 Å². The summed E-state index contributed by atoms with van der Waals surface area (Å²) in [6.45, 7) is 2.28. The lowest BCUT2D eigenvalue weighted by Gasteiger charge is -2.15. The zero-order valence-corrected chi connectivity index (χ0v) is 11.7. The van der Waals surface area contributed by atoms with E-state index in [1.54, 1.807) is 6.07 Å². The monoisotopic (exact) mass is 280 g/mol. The summed E-state index contributed by atoms with van der Waals surface area (Å²) in [7, 11) is 1.48. The van der Waals surface area contributed by atoms with Crippen molar-refractivity contribution in [1.29, 1.82) is 0 Å². The van der Waals surface area contributed by atoms with Gasteiger partial charge < -0.3 is 20.5 Å². The number of amides is 2. The number of aryl methyl sites for hydroxylation is 1. The van der Waals surface area contributed by atoms with Crippen LogP contribution in [0, 0.1) is 0 Å². The smallest absolute Gasteiger partial charge is 0.326 e. The Hall–Kier alpha value is -2.08. The molecule has 0 fully saturated rings. The van der Waals surface area contributed by atoms with Crippen LogP contribution in [0.15, 0.2) is 24.3 Å². The Labute approximate surface area is 118 Å². The number of ether oxygens (including phenoxy) is 1. The van der Waals surface area contributed by atoms with Crippen LogP contribution in [0.25, 0.3) is 0 Å². The van der Waals surface area contributed by atoms with Crippen molar-refractivity contribution in [3.63, 3.8) is 0 Å². The molecule has 1 aromatic rings. The number of nitrogens with one attached hydrogen (secondary N) is 2. The second-order valence-corrected chi connectivity index (χ2v) is 4.32. The molecule has 0 aliphatic carbocycles. The van der Waals surface area contributed by atoms with Gasteiger partial charge in [-0.1, -0.05) is 19.1 Å². The van der Waals surface area contributed by atoms with Crippen molar-refractivity contribution >= 4 is 17.7 Å². The number of benzene rings is 1. The molecule has 1 aromatic carbocycles. The van der Waals surface area contributed by atoms with Gasteiger partial charge in [-0.15, -0.1) is 0 Å². The zero-order chi connectivity index (χ0) is 15.0. The summed E-state index contributed by atoms with van der Waals surface area (Å²) in [6.07, 6.45) is 1.08. The van der Waals surface area contributed by atoms with E-state index >= 15 is 0 Å². The maximum atomic E-state index is 11.8. The first kappa shape index (κ1) is 16.0. The maximum absolute atomic E-state index is 11.8. The van der Waals surface area contributed by atoms with Crippen molar-refractivity contribution in [2.45, 2.75) is 25.8 Å². The summed E-state index contributed by atoms with van der Waals surface area (Å²) < 4.78 is 4.82. The average molecular weight is 280 g/mol. The Morgan fingerprint density at radius 2 is 2.15 bits per heavy atom. The normalized spacial score (nSPS) is 11.7. The minimum atomic E-state index is -1.08. The van der Waals surface area contributed by atoms with E-state index in [1.165, 1.54) is 7.11 Å². The molecule has 0 spiro atoms. The lowest BCUT2D eigenvalue weighted by molar-refractivity contribution is -0.139. The Bertz CT molecular complexity index is 462. The summed E-state index contributed by atoms with van der Waals surface area (Å²) in [5, 5.41) is 14.0. The number of carbonyl (C=O) groups is 2. The first-order valence-corrected chi connectivity index (χ1v) is 6.45. The highest BCUT2D eigenvalue weighted by atomic mass is 16.5. The van der Waals surface area contributed by atoms with Crippen LogP contribution in [0.2, 0.25) is 0 Å². The molecule has 0 aromatic heterocycles. The molecule has 1 atom stereocenters. The molecule has 20 heavy (non-hydrogen) atoms. The number of hydrogen-bond acceptors (Lipinski definition) is 3. The quantitative estimate of drug-likeness (QED) is 0.711. The van der Waals surface area contributed by atoms with E-state index in [0.29, 0.717) is 5.69 Å². The van der Waals surface area contributed by atoms with Crippen LogP contribution in [0.5, 0.6) is 0 Å². The van der Waals surface area contributed by atoms with Crippen LogP contribution in [-0.2, 0) is 16.0 Å². The van der Waals surface area contributed by atoms with Crippen molar-refractivity contribution in [1.82, 2.24) is 5.32 Å². The molecule has 0 radical (unpaired) electrons. The molecule has 0 aliphatic rings. The molecule has 1 unspecified atom stereocenters. The first-order valence-electron chi connectivity index (χ1n) is 6.45. The van der Waals surface area contributed by atoms with Gasteiger partial charge in [-0.2, -0.15) is 0 Å². The van der Waals surface area contributed by atoms with Crippen LogP contribution in [0.3, 0.4) is 0 Å². The summed E-state index contributed by atoms with van der Waals surface area (Å²) in [6, 6.07) is 5.90. The summed E-state index contributed by atoms with van der Waals surface area (Å²) >= 11 is 0. The number of methoxy groups -OCH3 is 1. The van der Waals surface area contributed by atoms with Gasteiger partial charge in [0, 0.05) is 25.8 Å². The highest BCUT2D eigenvalue weighted by Crippen LogP contribution is 2.11. The molecule has 0 heterocycles. The molecule has 0 saturated carbocycles. The lowest BCUT2D eigenvalue weighted by atomic mass is 10.1. The molecule has 0 bridgehead atoms. The van der Waals surface area contributed by atoms with Gasteiger partial charge in [-0.05, 0) is 24.1 Å². The van der Waals surface area contributed by atoms with E-state index in [0.717, 1.165) is 12.0 Å². The van der Waals surface area contributed by atoms with E-state index in [4.69, 9.17) is 9.84 Å². The Morgan fingerprint density at radius 1 is 1.40 bits per heavy atom. The van der Waals surface area contributed by atoms with Crippen molar-refractivity contribution < 1.29 is 19.4 Å². The summed E-state index contributed by atoms with van der Waals surface area (Å²) in [5.74, 6) is -1.08. The molecule has 0 saturated heterocycles. The van der Waals surface area contributed by atoms with Gasteiger partial charge in [0.2, 0.25) is 0 Å². The van der Waals surface area contributed by atoms with Gasteiger partial charge in [0.05, 0.1) is 0 Å². The Balaban J connectivity index is 2.58. The average Bonchev–Trinajstić information content (AvgIpc) is 2.43. The third-order valence-electron chi connectivity index (χ3n) is 2.81. The van der Waals surface area contributed by atoms with Crippen LogP contribution in [0.1, 0.15) is 18.9 Å². The molecule has 6 heteroatoms. The zero-order valence-electron chi connectivity index (χ0n) is 11.7. The van der Waals surface area contributed by atoms with Crippen molar-refractivity contribution in [2.24, 2.45) is 0 Å². The minimum Gasteiger partial charge on any atom is -0.480 e. The summed E-state index contributed by atoms with van der Waals surface area (Å²) in [4.78, 5) is 22.8. The Kier molecular flexibility index (Phi) is 6.52.